The van der Waals surface area contributed by atoms with Gasteiger partial charge in [0.15, 0.2) is 0 Å². The number of likely N-dealkylation sites (N-methyl/N-ethyl adjacent to an activating group) is 1. The number of halogens is 2. The van der Waals surface area contributed by atoms with Crippen molar-refractivity contribution in [2.45, 2.75) is 18.5 Å². The SMILES string of the molecule is CN(Cc1ccc2[nH]ccc2c1)[C@H]1CN(C(=O)N2CCN(S(C)(=O)=O)CC2)C[C@@H]1c1ccc(Cl)c(Cl)c1. The number of nitrogens with zero attached hydrogens (tertiary/aromatic N) is 4. The number of sulfonamides is 1. The number of fused-ring (bicyclic) bond motifs is 1. The summed E-state index contributed by atoms with van der Waals surface area (Å²) in [6.07, 6.45) is 3.15. The standard InChI is InChI=1S/C26H31Cl2N5O3S/c1-30(15-18-3-6-24-20(13-18)7-8-29-24)25-17-32(16-21(25)19-4-5-22(27)23(28)14-19)26(34)31-9-11-33(12-10-31)37(2,35)36/h3-8,13-14,21,25,29H,9-12,15-17H2,1-2H3/t21-,25+/m1/s1. The summed E-state index contributed by atoms with van der Waals surface area (Å²) >= 11 is 12.6. The van der Waals surface area contributed by atoms with Gasteiger partial charge in [-0.2, -0.15) is 4.31 Å². The Bertz CT molecular complexity index is 1400. The fraction of sp³-hybridized carbons (Fsp3) is 0.423. The van der Waals surface area contributed by atoms with Crippen molar-refractivity contribution in [1.82, 2.24) is 24.0 Å². The molecule has 2 aromatic carbocycles. The van der Waals surface area contributed by atoms with Gasteiger partial charge in [-0.1, -0.05) is 35.3 Å². The zero-order valence-electron chi connectivity index (χ0n) is 20.9. The minimum absolute atomic E-state index is 0.0528. The second-order valence-corrected chi connectivity index (χ2v) is 12.8. The van der Waals surface area contributed by atoms with Crippen LogP contribution in [0.5, 0.6) is 0 Å². The van der Waals surface area contributed by atoms with Crippen molar-refractivity contribution in [2.24, 2.45) is 0 Å². The van der Waals surface area contributed by atoms with E-state index in [0.717, 1.165) is 17.6 Å². The van der Waals surface area contributed by atoms with E-state index < -0.39 is 10.0 Å². The van der Waals surface area contributed by atoms with Crippen LogP contribution in [-0.4, -0.2) is 97.1 Å². The van der Waals surface area contributed by atoms with Crippen molar-refractivity contribution in [3.63, 3.8) is 0 Å². The van der Waals surface area contributed by atoms with E-state index in [4.69, 9.17) is 23.2 Å². The molecule has 2 atom stereocenters. The van der Waals surface area contributed by atoms with E-state index in [0.29, 0.717) is 49.3 Å². The summed E-state index contributed by atoms with van der Waals surface area (Å²) in [4.78, 5) is 22.7. The number of H-pyrrole nitrogens is 1. The number of benzene rings is 2. The minimum atomic E-state index is -3.26. The Kier molecular flexibility index (Phi) is 7.44. The number of likely N-dealkylation sites (tertiary alicyclic amines) is 1. The molecule has 2 saturated heterocycles. The molecular formula is C26H31Cl2N5O3S. The van der Waals surface area contributed by atoms with Gasteiger partial charge in [-0.25, -0.2) is 13.2 Å². The molecule has 2 aliphatic heterocycles. The molecule has 0 saturated carbocycles. The van der Waals surface area contributed by atoms with Crippen molar-refractivity contribution >= 4 is 50.2 Å². The van der Waals surface area contributed by atoms with Gasteiger partial charge in [-0.3, -0.25) is 4.90 Å². The van der Waals surface area contributed by atoms with Crippen LogP contribution >= 0.6 is 23.2 Å². The van der Waals surface area contributed by atoms with Crippen LogP contribution in [0.15, 0.2) is 48.7 Å². The van der Waals surface area contributed by atoms with Gasteiger partial charge in [0.1, 0.15) is 0 Å². The van der Waals surface area contributed by atoms with Gasteiger partial charge in [0, 0.05) is 69.5 Å². The maximum Gasteiger partial charge on any atom is 0.320 e. The normalized spacial score (nSPS) is 21.3. The van der Waals surface area contributed by atoms with E-state index in [9.17, 15) is 13.2 Å². The second kappa shape index (κ2) is 10.5. The molecule has 1 aromatic heterocycles. The smallest absolute Gasteiger partial charge is 0.320 e. The number of piperazine rings is 1. The van der Waals surface area contributed by atoms with Crippen molar-refractivity contribution in [3.8, 4) is 0 Å². The molecule has 37 heavy (non-hydrogen) atoms. The summed E-state index contributed by atoms with van der Waals surface area (Å²) in [7, 11) is -1.16. The predicted molar refractivity (Wildman–Crippen MR) is 148 cm³/mol. The van der Waals surface area contributed by atoms with Crippen molar-refractivity contribution < 1.29 is 13.2 Å². The number of hydrogen-bond acceptors (Lipinski definition) is 4. The molecule has 0 bridgehead atoms. The first-order valence-electron chi connectivity index (χ1n) is 12.3. The van der Waals surface area contributed by atoms with Crippen LogP contribution < -0.4 is 0 Å². The molecule has 2 amide bonds. The molecule has 3 heterocycles. The molecule has 1 N–H and O–H groups in total. The van der Waals surface area contributed by atoms with Gasteiger partial charge in [-0.05, 0) is 53.9 Å². The Balaban J connectivity index is 1.35. The molecule has 8 nitrogen and oxygen atoms in total. The third-order valence-corrected chi connectivity index (χ3v) is 9.57. The number of nitrogens with one attached hydrogen (secondary N) is 1. The fourth-order valence-electron chi connectivity index (χ4n) is 5.48. The lowest BCUT2D eigenvalue weighted by Gasteiger charge is -2.35. The summed E-state index contributed by atoms with van der Waals surface area (Å²) < 4.78 is 25.2. The van der Waals surface area contributed by atoms with Gasteiger partial charge in [-0.15, -0.1) is 0 Å². The van der Waals surface area contributed by atoms with Crippen LogP contribution in [0, 0.1) is 0 Å². The molecule has 198 valence electrons. The minimum Gasteiger partial charge on any atom is -0.361 e. The highest BCUT2D eigenvalue weighted by atomic mass is 35.5. The van der Waals surface area contributed by atoms with Gasteiger partial charge in [0.2, 0.25) is 10.0 Å². The molecule has 11 heteroatoms. The second-order valence-electron chi connectivity index (χ2n) is 10.00. The molecule has 5 rings (SSSR count). The number of urea groups is 1. The summed E-state index contributed by atoms with van der Waals surface area (Å²) in [5, 5.41) is 2.17. The number of aromatic amines is 1. The van der Waals surface area contributed by atoms with Crippen LogP contribution in [0.25, 0.3) is 10.9 Å². The zero-order valence-corrected chi connectivity index (χ0v) is 23.2. The lowest BCUT2D eigenvalue weighted by molar-refractivity contribution is 0.138. The molecular weight excluding hydrogens is 533 g/mol. The van der Waals surface area contributed by atoms with Gasteiger partial charge < -0.3 is 14.8 Å². The fourth-order valence-corrected chi connectivity index (χ4v) is 6.61. The van der Waals surface area contributed by atoms with Crippen LogP contribution in [-0.2, 0) is 16.6 Å². The Morgan fingerprint density at radius 2 is 1.76 bits per heavy atom. The Hall–Kier alpha value is -2.30. The lowest BCUT2D eigenvalue weighted by Crippen LogP contribution is -2.53. The highest BCUT2D eigenvalue weighted by Crippen LogP contribution is 2.35. The molecule has 0 spiro atoms. The number of carbonyl (C=O) groups is 1. The predicted octanol–water partition coefficient (Wildman–Crippen LogP) is 4.07. The first-order valence-corrected chi connectivity index (χ1v) is 14.9. The third-order valence-electron chi connectivity index (χ3n) is 7.53. The van der Waals surface area contributed by atoms with E-state index in [1.807, 2.05) is 29.3 Å². The number of aromatic nitrogens is 1. The highest BCUT2D eigenvalue weighted by Gasteiger charge is 2.40. The average molecular weight is 565 g/mol. The Morgan fingerprint density at radius 3 is 2.46 bits per heavy atom. The first-order chi connectivity index (χ1) is 17.6. The van der Waals surface area contributed by atoms with Crippen LogP contribution in [0.4, 0.5) is 4.79 Å². The van der Waals surface area contributed by atoms with E-state index in [1.165, 1.54) is 21.5 Å². The molecule has 0 aliphatic carbocycles. The molecule has 2 aliphatic rings. The number of hydrogen-bond donors (Lipinski definition) is 1. The summed E-state index contributed by atoms with van der Waals surface area (Å²) in [6.45, 7) is 3.26. The van der Waals surface area contributed by atoms with E-state index >= 15 is 0 Å². The van der Waals surface area contributed by atoms with Crippen molar-refractivity contribution in [3.05, 3.63) is 69.8 Å². The topological polar surface area (TPSA) is 80.0 Å². The zero-order chi connectivity index (χ0) is 26.3. The molecule has 0 unspecified atom stereocenters. The molecule has 2 fully saturated rings. The van der Waals surface area contributed by atoms with Gasteiger partial charge in [0.05, 0.1) is 16.3 Å². The largest absolute Gasteiger partial charge is 0.361 e. The van der Waals surface area contributed by atoms with Gasteiger partial charge >= 0.3 is 6.03 Å². The van der Waals surface area contributed by atoms with Crippen molar-refractivity contribution in [2.75, 3.05) is 52.6 Å². The summed E-state index contributed by atoms with van der Waals surface area (Å²) in [5.41, 5.74) is 3.35. The van der Waals surface area contributed by atoms with Crippen LogP contribution in [0.1, 0.15) is 17.0 Å². The van der Waals surface area contributed by atoms with E-state index in [1.54, 1.807) is 4.90 Å². The summed E-state index contributed by atoms with van der Waals surface area (Å²) in [5.74, 6) is 0.0528. The Labute approximate surface area is 227 Å². The average Bonchev–Trinajstić information content (AvgIpc) is 3.52. The monoisotopic (exact) mass is 563 g/mol. The van der Waals surface area contributed by atoms with Gasteiger partial charge in [0.25, 0.3) is 0 Å². The van der Waals surface area contributed by atoms with Crippen LogP contribution in [0.3, 0.4) is 0 Å². The number of amides is 2. The molecule has 0 radical (unpaired) electrons. The lowest BCUT2D eigenvalue weighted by atomic mass is 9.93. The quantitative estimate of drug-likeness (QED) is 0.507. The van der Waals surface area contributed by atoms with E-state index in [2.05, 4.69) is 41.2 Å². The molecule has 3 aromatic rings. The Morgan fingerprint density at radius 1 is 1.00 bits per heavy atom. The maximum atomic E-state index is 13.5. The maximum absolute atomic E-state index is 13.5. The van der Waals surface area contributed by atoms with Crippen molar-refractivity contribution in [1.29, 1.82) is 0 Å². The van der Waals surface area contributed by atoms with E-state index in [-0.39, 0.29) is 18.0 Å². The summed E-state index contributed by atoms with van der Waals surface area (Å²) in [6, 6.07) is 14.2. The highest BCUT2D eigenvalue weighted by molar-refractivity contribution is 7.88. The number of rotatable bonds is 5. The first kappa shape index (κ1) is 26.3. The van der Waals surface area contributed by atoms with Crippen LogP contribution in [0.2, 0.25) is 10.0 Å². The number of carbonyl (C=O) groups excluding carboxylic acids is 1. The third kappa shape index (κ3) is 5.61.